The minimum absolute atomic E-state index is 0.236. The quantitative estimate of drug-likeness (QED) is 0.592. The molecule has 0 radical (unpaired) electrons. The van der Waals surface area contributed by atoms with E-state index in [2.05, 4.69) is 0 Å². The topological polar surface area (TPSA) is 84.0 Å². The molecule has 0 spiro atoms. The molecule has 0 N–H and O–H groups in total. The summed E-state index contributed by atoms with van der Waals surface area (Å²) in [6.45, 7) is 0.650. The van der Waals surface area contributed by atoms with Gasteiger partial charge in [-0.05, 0) is 25.0 Å². The Labute approximate surface area is 132 Å². The van der Waals surface area contributed by atoms with Gasteiger partial charge in [0, 0.05) is 13.1 Å². The van der Waals surface area contributed by atoms with Gasteiger partial charge in [-0.15, -0.1) is 0 Å². The van der Waals surface area contributed by atoms with Crippen LogP contribution >= 0.6 is 0 Å². The molecular weight excluding hydrogens is 300 g/mol. The van der Waals surface area contributed by atoms with Crippen molar-refractivity contribution in [3.8, 4) is 0 Å². The molecule has 2 aliphatic heterocycles. The highest BCUT2D eigenvalue weighted by atomic mass is 16.5. The van der Waals surface area contributed by atoms with E-state index in [0.29, 0.717) is 18.8 Å². The summed E-state index contributed by atoms with van der Waals surface area (Å²) in [7, 11) is 0. The Morgan fingerprint density at radius 1 is 1.09 bits per heavy atom. The van der Waals surface area contributed by atoms with Crippen molar-refractivity contribution >= 4 is 29.3 Å². The van der Waals surface area contributed by atoms with Gasteiger partial charge in [0.2, 0.25) is 0 Å². The summed E-state index contributed by atoms with van der Waals surface area (Å²) in [5.74, 6) is -2.34. The Morgan fingerprint density at radius 2 is 1.78 bits per heavy atom. The predicted octanol–water partition coefficient (Wildman–Crippen LogP) is 0.381. The highest BCUT2D eigenvalue weighted by molar-refractivity contribution is 6.52. The second-order valence-electron chi connectivity index (χ2n) is 5.49. The third-order valence-electron chi connectivity index (χ3n) is 3.98. The molecule has 7 heteroatoms. The molecule has 1 fully saturated rings. The standard InChI is InChI=1S/C16H16N2O5/c19-13(17-7-3-4-8-17)10-23-14(20)9-18-12-6-2-1-5-11(12)15(21)16(18)22/h1-2,5-6H,3-4,7-10H2. The highest BCUT2D eigenvalue weighted by Crippen LogP contribution is 2.28. The van der Waals surface area contributed by atoms with Crippen LogP contribution in [0, 0.1) is 0 Å². The first-order chi connectivity index (χ1) is 11.1. The number of carbonyl (C=O) groups excluding carboxylic acids is 4. The van der Waals surface area contributed by atoms with Crippen LogP contribution in [0.15, 0.2) is 24.3 Å². The Kier molecular flexibility index (Phi) is 4.10. The predicted molar refractivity (Wildman–Crippen MR) is 79.9 cm³/mol. The lowest BCUT2D eigenvalue weighted by molar-refractivity contribution is -0.150. The van der Waals surface area contributed by atoms with E-state index in [1.165, 1.54) is 6.07 Å². The number of ketones is 1. The lowest BCUT2D eigenvalue weighted by Crippen LogP contribution is -2.37. The van der Waals surface area contributed by atoms with Crippen molar-refractivity contribution in [1.82, 2.24) is 4.90 Å². The zero-order valence-corrected chi connectivity index (χ0v) is 12.5. The molecule has 1 aromatic carbocycles. The molecule has 0 bridgehead atoms. The first-order valence-corrected chi connectivity index (χ1v) is 7.46. The van der Waals surface area contributed by atoms with E-state index in [1.54, 1.807) is 23.1 Å². The van der Waals surface area contributed by atoms with E-state index >= 15 is 0 Å². The molecule has 7 nitrogen and oxygen atoms in total. The molecule has 2 heterocycles. The summed E-state index contributed by atoms with van der Waals surface area (Å²) >= 11 is 0. The molecule has 3 rings (SSSR count). The molecule has 0 aliphatic carbocycles. The van der Waals surface area contributed by atoms with Crippen LogP contribution in [0.2, 0.25) is 0 Å². The van der Waals surface area contributed by atoms with Gasteiger partial charge in [-0.2, -0.15) is 0 Å². The van der Waals surface area contributed by atoms with E-state index < -0.39 is 17.7 Å². The molecular formula is C16H16N2O5. The van der Waals surface area contributed by atoms with E-state index in [-0.39, 0.29) is 24.6 Å². The molecule has 0 saturated carbocycles. The van der Waals surface area contributed by atoms with Crippen molar-refractivity contribution in [1.29, 1.82) is 0 Å². The summed E-state index contributed by atoms with van der Waals surface area (Å²) in [5, 5.41) is 0. The summed E-state index contributed by atoms with van der Waals surface area (Å²) in [6, 6.07) is 6.47. The third-order valence-corrected chi connectivity index (χ3v) is 3.98. The summed E-state index contributed by atoms with van der Waals surface area (Å²) < 4.78 is 4.94. The average molecular weight is 316 g/mol. The molecule has 2 aliphatic rings. The SMILES string of the molecule is O=C(CN1C(=O)C(=O)c2ccccc21)OCC(=O)N1CCCC1. The van der Waals surface area contributed by atoms with Crippen molar-refractivity contribution in [2.75, 3.05) is 31.1 Å². The number of Topliss-reactive ketones (excluding diaryl/α,β-unsaturated/α-hetero) is 1. The van der Waals surface area contributed by atoms with E-state index in [1.807, 2.05) is 0 Å². The number of fused-ring (bicyclic) bond motifs is 1. The maximum Gasteiger partial charge on any atom is 0.326 e. The number of rotatable bonds is 4. The van der Waals surface area contributed by atoms with Gasteiger partial charge in [0.1, 0.15) is 6.54 Å². The number of hydrogen-bond donors (Lipinski definition) is 0. The largest absolute Gasteiger partial charge is 0.454 e. The minimum atomic E-state index is -0.756. The first kappa shape index (κ1) is 15.2. The second-order valence-corrected chi connectivity index (χ2v) is 5.49. The summed E-state index contributed by atoms with van der Waals surface area (Å²) in [4.78, 5) is 50.2. The number of ether oxygens (including phenoxy) is 1. The molecule has 1 saturated heterocycles. The van der Waals surface area contributed by atoms with Crippen LogP contribution < -0.4 is 4.90 Å². The number of anilines is 1. The average Bonchev–Trinajstić information content (AvgIpc) is 3.17. The third kappa shape index (κ3) is 2.94. The number of para-hydroxylation sites is 1. The Bertz CT molecular complexity index is 679. The van der Waals surface area contributed by atoms with Crippen LogP contribution in [0.3, 0.4) is 0 Å². The van der Waals surface area contributed by atoms with Crippen LogP contribution in [0.25, 0.3) is 0 Å². The molecule has 120 valence electrons. The second kappa shape index (κ2) is 6.20. The zero-order chi connectivity index (χ0) is 16.4. The summed E-state index contributed by atoms with van der Waals surface area (Å²) in [6.07, 6.45) is 1.92. The van der Waals surface area contributed by atoms with Crippen molar-refractivity contribution in [3.05, 3.63) is 29.8 Å². The number of benzene rings is 1. The first-order valence-electron chi connectivity index (χ1n) is 7.46. The number of nitrogens with zero attached hydrogens (tertiary/aromatic N) is 2. The minimum Gasteiger partial charge on any atom is -0.454 e. The maximum absolute atomic E-state index is 11.9. The number of amides is 2. The van der Waals surface area contributed by atoms with Gasteiger partial charge < -0.3 is 9.64 Å². The van der Waals surface area contributed by atoms with Gasteiger partial charge in [-0.3, -0.25) is 24.1 Å². The van der Waals surface area contributed by atoms with Gasteiger partial charge in [0.25, 0.3) is 17.6 Å². The van der Waals surface area contributed by atoms with Crippen molar-refractivity contribution in [2.24, 2.45) is 0 Å². The van der Waals surface area contributed by atoms with Gasteiger partial charge >= 0.3 is 5.97 Å². The van der Waals surface area contributed by atoms with Crippen molar-refractivity contribution in [3.63, 3.8) is 0 Å². The normalized spacial score (nSPS) is 16.7. The van der Waals surface area contributed by atoms with Gasteiger partial charge in [-0.1, -0.05) is 12.1 Å². The van der Waals surface area contributed by atoms with Gasteiger partial charge in [-0.25, -0.2) is 0 Å². The monoisotopic (exact) mass is 316 g/mol. The number of hydrogen-bond acceptors (Lipinski definition) is 5. The molecule has 2 amide bonds. The number of likely N-dealkylation sites (tertiary alicyclic amines) is 1. The Morgan fingerprint density at radius 3 is 2.52 bits per heavy atom. The van der Waals surface area contributed by atoms with E-state index in [4.69, 9.17) is 4.74 Å². The summed E-state index contributed by atoms with van der Waals surface area (Å²) in [5.41, 5.74) is 0.670. The lowest BCUT2D eigenvalue weighted by atomic mass is 10.1. The van der Waals surface area contributed by atoms with Crippen molar-refractivity contribution < 1.29 is 23.9 Å². The molecule has 0 unspecified atom stereocenters. The lowest BCUT2D eigenvalue weighted by Gasteiger charge is -2.17. The van der Waals surface area contributed by atoms with Gasteiger partial charge in [0.15, 0.2) is 6.61 Å². The molecule has 23 heavy (non-hydrogen) atoms. The molecule has 0 aromatic heterocycles. The maximum atomic E-state index is 11.9. The van der Waals surface area contributed by atoms with Crippen molar-refractivity contribution in [2.45, 2.75) is 12.8 Å². The van der Waals surface area contributed by atoms with Crippen LogP contribution in [-0.2, 0) is 19.1 Å². The number of esters is 1. The van der Waals surface area contributed by atoms with Crippen LogP contribution in [0.5, 0.6) is 0 Å². The number of carbonyl (C=O) groups is 4. The smallest absolute Gasteiger partial charge is 0.326 e. The highest BCUT2D eigenvalue weighted by Gasteiger charge is 2.36. The fourth-order valence-corrected chi connectivity index (χ4v) is 2.78. The fourth-order valence-electron chi connectivity index (χ4n) is 2.78. The van der Waals surface area contributed by atoms with Crippen LogP contribution in [0.4, 0.5) is 5.69 Å². The van der Waals surface area contributed by atoms with Gasteiger partial charge in [0.05, 0.1) is 11.3 Å². The fraction of sp³-hybridized carbons (Fsp3) is 0.375. The van der Waals surface area contributed by atoms with E-state index in [9.17, 15) is 19.2 Å². The van der Waals surface area contributed by atoms with Crippen LogP contribution in [0.1, 0.15) is 23.2 Å². The molecule has 1 aromatic rings. The Balaban J connectivity index is 1.59. The van der Waals surface area contributed by atoms with Crippen LogP contribution in [-0.4, -0.2) is 54.7 Å². The Hall–Kier alpha value is -2.70. The molecule has 0 atom stereocenters. The van der Waals surface area contributed by atoms with E-state index in [0.717, 1.165) is 17.7 Å². The zero-order valence-electron chi connectivity index (χ0n) is 12.5.